The van der Waals surface area contributed by atoms with Gasteiger partial charge in [-0.25, -0.2) is 18.4 Å². The Bertz CT molecular complexity index is 1030. The van der Waals surface area contributed by atoms with Gasteiger partial charge in [-0.2, -0.15) is 0 Å². The van der Waals surface area contributed by atoms with Crippen LogP contribution in [0, 0.1) is 0 Å². The van der Waals surface area contributed by atoms with Crippen molar-refractivity contribution in [1.82, 2.24) is 15.0 Å². The van der Waals surface area contributed by atoms with Gasteiger partial charge >= 0.3 is 0 Å². The van der Waals surface area contributed by atoms with Crippen molar-refractivity contribution < 1.29 is 13.2 Å². The van der Waals surface area contributed by atoms with Gasteiger partial charge in [0.25, 0.3) is 5.91 Å². The maximum Gasteiger partial charge on any atom is 0.268 e. The summed E-state index contributed by atoms with van der Waals surface area (Å²) in [5.74, 6) is -1.02. The zero-order chi connectivity index (χ0) is 18.0. The van der Waals surface area contributed by atoms with Crippen molar-refractivity contribution in [1.29, 1.82) is 0 Å². The number of rotatable bonds is 5. The molecule has 0 spiro atoms. The van der Waals surface area contributed by atoms with Gasteiger partial charge in [-0.1, -0.05) is 6.92 Å². The molecular weight excluding hydrogens is 360 g/mol. The highest BCUT2D eigenvalue weighted by Crippen LogP contribution is 2.31. The topological polar surface area (TPSA) is 116 Å². The average Bonchev–Trinajstić information content (AvgIpc) is 3.12. The number of hydrogen-bond donors (Lipinski definition) is 1. The van der Waals surface area contributed by atoms with Gasteiger partial charge in [0, 0.05) is 24.2 Å². The van der Waals surface area contributed by atoms with Crippen LogP contribution in [0.25, 0.3) is 21.1 Å². The Labute approximate surface area is 148 Å². The van der Waals surface area contributed by atoms with Crippen molar-refractivity contribution >= 4 is 27.1 Å². The summed E-state index contributed by atoms with van der Waals surface area (Å²) in [5, 5.41) is 0.746. The minimum Gasteiger partial charge on any atom is -0.364 e. The van der Waals surface area contributed by atoms with Gasteiger partial charge < -0.3 is 5.73 Å². The van der Waals surface area contributed by atoms with Crippen molar-refractivity contribution in [3.63, 3.8) is 0 Å². The first-order valence-corrected chi connectivity index (χ1v) is 9.79. The standard InChI is InChI=1S/C16H14N4O3S2/c1-2-25(22,23)13-6-5-11(20-14(13)15(17)21)12-9-19-16(24-12)10-4-3-7-18-8-10/h3-9H,2H2,1H3,(H2,17,21). The molecule has 3 aromatic heterocycles. The lowest BCUT2D eigenvalue weighted by Crippen LogP contribution is -2.19. The lowest BCUT2D eigenvalue weighted by atomic mass is 10.2. The molecule has 0 aliphatic heterocycles. The van der Waals surface area contributed by atoms with Gasteiger partial charge in [-0.05, 0) is 24.3 Å². The van der Waals surface area contributed by atoms with Crippen LogP contribution in [0.5, 0.6) is 0 Å². The molecule has 0 saturated carbocycles. The summed E-state index contributed by atoms with van der Waals surface area (Å²) >= 11 is 1.36. The molecule has 2 N–H and O–H groups in total. The number of aromatic nitrogens is 3. The van der Waals surface area contributed by atoms with Gasteiger partial charge in [-0.15, -0.1) is 11.3 Å². The molecule has 9 heteroatoms. The number of sulfone groups is 1. The van der Waals surface area contributed by atoms with E-state index in [4.69, 9.17) is 5.73 Å². The van der Waals surface area contributed by atoms with Crippen LogP contribution in [0.15, 0.2) is 47.8 Å². The Morgan fingerprint density at radius 2 is 2.04 bits per heavy atom. The van der Waals surface area contributed by atoms with Gasteiger partial charge in [-0.3, -0.25) is 9.78 Å². The quantitative estimate of drug-likeness (QED) is 0.731. The fourth-order valence-corrected chi connectivity index (χ4v) is 4.09. The number of carbonyl (C=O) groups is 1. The highest BCUT2D eigenvalue weighted by atomic mass is 32.2. The fraction of sp³-hybridized carbons (Fsp3) is 0.125. The van der Waals surface area contributed by atoms with Gasteiger partial charge in [0.1, 0.15) is 10.7 Å². The number of primary amides is 1. The predicted molar refractivity (Wildman–Crippen MR) is 94.8 cm³/mol. The molecular formula is C16H14N4O3S2. The van der Waals surface area contributed by atoms with E-state index in [-0.39, 0.29) is 16.3 Å². The van der Waals surface area contributed by atoms with Crippen LogP contribution < -0.4 is 5.73 Å². The molecule has 0 fully saturated rings. The lowest BCUT2D eigenvalue weighted by Gasteiger charge is -2.07. The number of nitrogens with zero attached hydrogens (tertiary/aromatic N) is 3. The Morgan fingerprint density at radius 3 is 2.68 bits per heavy atom. The van der Waals surface area contributed by atoms with E-state index in [0.29, 0.717) is 10.6 Å². The second kappa shape index (κ2) is 6.69. The predicted octanol–water partition coefficient (Wildman–Crippen LogP) is 2.16. The van der Waals surface area contributed by atoms with Crippen LogP contribution in [0.1, 0.15) is 17.4 Å². The molecule has 0 atom stereocenters. The van der Waals surface area contributed by atoms with E-state index in [1.54, 1.807) is 24.7 Å². The van der Waals surface area contributed by atoms with Crippen LogP contribution in [0.4, 0.5) is 0 Å². The molecule has 0 aromatic carbocycles. The summed E-state index contributed by atoms with van der Waals surface area (Å²) in [4.78, 5) is 24.8. The molecule has 0 radical (unpaired) electrons. The molecule has 128 valence electrons. The molecule has 0 saturated heterocycles. The maximum absolute atomic E-state index is 12.1. The molecule has 3 aromatic rings. The van der Waals surface area contributed by atoms with Crippen LogP contribution in [-0.4, -0.2) is 35.0 Å². The molecule has 0 aliphatic carbocycles. The molecule has 25 heavy (non-hydrogen) atoms. The summed E-state index contributed by atoms with van der Waals surface area (Å²) in [6.07, 6.45) is 4.99. The number of amides is 1. The van der Waals surface area contributed by atoms with E-state index in [0.717, 1.165) is 10.6 Å². The molecule has 7 nitrogen and oxygen atoms in total. The van der Waals surface area contributed by atoms with Crippen molar-refractivity contribution in [3.8, 4) is 21.1 Å². The summed E-state index contributed by atoms with van der Waals surface area (Å²) in [7, 11) is -3.59. The Balaban J connectivity index is 2.06. The van der Waals surface area contributed by atoms with Crippen LogP contribution in [0.2, 0.25) is 0 Å². The SMILES string of the molecule is CCS(=O)(=O)c1ccc(-c2cnc(-c3cccnc3)s2)nc1C(N)=O. The Kier molecular flexibility index (Phi) is 4.60. The molecule has 1 amide bonds. The first kappa shape index (κ1) is 17.2. The van der Waals surface area contributed by atoms with Crippen molar-refractivity contribution in [2.75, 3.05) is 5.75 Å². The number of nitrogens with two attached hydrogens (primary N) is 1. The fourth-order valence-electron chi connectivity index (χ4n) is 2.18. The normalized spacial score (nSPS) is 11.4. The Morgan fingerprint density at radius 1 is 1.24 bits per heavy atom. The molecule has 0 bridgehead atoms. The summed E-state index contributed by atoms with van der Waals surface area (Å²) in [6.45, 7) is 1.50. The second-order valence-corrected chi connectivity index (χ2v) is 8.36. The molecule has 3 rings (SSSR count). The monoisotopic (exact) mass is 374 g/mol. The summed E-state index contributed by atoms with van der Waals surface area (Å²) < 4.78 is 24.2. The number of thiazole rings is 1. The largest absolute Gasteiger partial charge is 0.364 e. The van der Waals surface area contributed by atoms with Gasteiger partial charge in [0.15, 0.2) is 9.84 Å². The smallest absolute Gasteiger partial charge is 0.268 e. The first-order chi connectivity index (χ1) is 11.9. The number of carbonyl (C=O) groups excluding carboxylic acids is 1. The highest BCUT2D eigenvalue weighted by Gasteiger charge is 2.22. The highest BCUT2D eigenvalue weighted by molar-refractivity contribution is 7.91. The van der Waals surface area contributed by atoms with Gasteiger partial charge in [0.05, 0.1) is 21.2 Å². The van der Waals surface area contributed by atoms with Crippen LogP contribution in [0.3, 0.4) is 0 Å². The lowest BCUT2D eigenvalue weighted by molar-refractivity contribution is 0.0992. The molecule has 0 unspecified atom stereocenters. The van der Waals surface area contributed by atoms with E-state index in [1.165, 1.54) is 24.3 Å². The van der Waals surface area contributed by atoms with E-state index in [2.05, 4.69) is 15.0 Å². The average molecular weight is 374 g/mol. The van der Waals surface area contributed by atoms with Crippen molar-refractivity contribution in [2.45, 2.75) is 11.8 Å². The molecule has 3 heterocycles. The third-order valence-corrected chi connectivity index (χ3v) is 6.30. The zero-order valence-electron chi connectivity index (χ0n) is 13.2. The van der Waals surface area contributed by atoms with Gasteiger partial charge in [0.2, 0.25) is 0 Å². The van der Waals surface area contributed by atoms with E-state index in [9.17, 15) is 13.2 Å². The number of pyridine rings is 2. The van der Waals surface area contributed by atoms with E-state index < -0.39 is 15.7 Å². The second-order valence-electron chi connectivity index (χ2n) is 5.08. The van der Waals surface area contributed by atoms with Crippen molar-refractivity contribution in [2.24, 2.45) is 5.73 Å². The zero-order valence-corrected chi connectivity index (χ0v) is 14.8. The third kappa shape index (κ3) is 3.42. The Hall–Kier alpha value is -2.65. The van der Waals surface area contributed by atoms with Crippen LogP contribution >= 0.6 is 11.3 Å². The number of hydrogen-bond acceptors (Lipinski definition) is 7. The third-order valence-electron chi connectivity index (χ3n) is 3.47. The summed E-state index contributed by atoms with van der Waals surface area (Å²) in [6, 6.07) is 6.61. The van der Waals surface area contributed by atoms with E-state index in [1.807, 2.05) is 12.1 Å². The first-order valence-electron chi connectivity index (χ1n) is 7.32. The molecule has 0 aliphatic rings. The van der Waals surface area contributed by atoms with Crippen LogP contribution in [-0.2, 0) is 9.84 Å². The maximum atomic E-state index is 12.1. The minimum absolute atomic E-state index is 0.139. The van der Waals surface area contributed by atoms with Crippen molar-refractivity contribution in [3.05, 3.63) is 48.5 Å². The summed E-state index contributed by atoms with van der Waals surface area (Å²) in [5.41, 5.74) is 6.37. The van der Waals surface area contributed by atoms with E-state index >= 15 is 0 Å². The minimum atomic E-state index is -3.59.